The third-order valence-corrected chi connectivity index (χ3v) is 5.19. The van der Waals surface area contributed by atoms with Crippen LogP contribution < -0.4 is 10.2 Å². The first kappa shape index (κ1) is 20.9. The molecule has 0 radical (unpaired) electrons. The van der Waals surface area contributed by atoms with Gasteiger partial charge in [-0.05, 0) is 66.6 Å². The third-order valence-electron chi connectivity index (χ3n) is 5.19. The van der Waals surface area contributed by atoms with Crippen LogP contribution >= 0.6 is 0 Å². The number of hydrogen-bond acceptors (Lipinski definition) is 4. The fraction of sp³-hybridized carbons (Fsp3) is 0.417. The van der Waals surface area contributed by atoms with Crippen LogP contribution in [0.25, 0.3) is 0 Å². The SMILES string of the molecule is CC(C)(C)c1ccc(C(=O)OCC(=O)Nc2ccc(N3CCCCC3)cc2)cc1. The van der Waals surface area contributed by atoms with Gasteiger partial charge in [-0.1, -0.05) is 32.9 Å². The second kappa shape index (κ2) is 9.12. The van der Waals surface area contributed by atoms with Crippen molar-refractivity contribution in [1.29, 1.82) is 0 Å². The van der Waals surface area contributed by atoms with Crippen LogP contribution in [0.3, 0.4) is 0 Å². The lowest BCUT2D eigenvalue weighted by molar-refractivity contribution is -0.119. The zero-order valence-electron chi connectivity index (χ0n) is 17.5. The molecule has 0 bridgehead atoms. The predicted molar refractivity (Wildman–Crippen MR) is 117 cm³/mol. The number of esters is 1. The quantitative estimate of drug-likeness (QED) is 0.742. The van der Waals surface area contributed by atoms with Crippen molar-refractivity contribution in [3.8, 4) is 0 Å². The molecule has 154 valence electrons. The molecule has 5 nitrogen and oxygen atoms in total. The lowest BCUT2D eigenvalue weighted by atomic mass is 9.87. The Balaban J connectivity index is 1.48. The van der Waals surface area contributed by atoms with Crippen LogP contribution in [0.1, 0.15) is 56.0 Å². The summed E-state index contributed by atoms with van der Waals surface area (Å²) in [5, 5.41) is 2.77. The van der Waals surface area contributed by atoms with E-state index < -0.39 is 5.97 Å². The van der Waals surface area contributed by atoms with E-state index in [2.05, 4.69) is 31.0 Å². The fourth-order valence-corrected chi connectivity index (χ4v) is 3.43. The average Bonchev–Trinajstić information content (AvgIpc) is 2.73. The normalized spacial score (nSPS) is 14.4. The van der Waals surface area contributed by atoms with E-state index in [-0.39, 0.29) is 17.9 Å². The maximum Gasteiger partial charge on any atom is 0.338 e. The molecule has 0 saturated carbocycles. The van der Waals surface area contributed by atoms with Gasteiger partial charge in [-0.3, -0.25) is 4.79 Å². The highest BCUT2D eigenvalue weighted by Crippen LogP contribution is 2.23. The minimum Gasteiger partial charge on any atom is -0.452 e. The number of amides is 1. The lowest BCUT2D eigenvalue weighted by Gasteiger charge is -2.28. The van der Waals surface area contributed by atoms with E-state index in [1.807, 2.05) is 36.4 Å². The molecule has 0 aliphatic carbocycles. The van der Waals surface area contributed by atoms with E-state index in [0.29, 0.717) is 11.3 Å². The van der Waals surface area contributed by atoms with Crippen LogP contribution in [-0.4, -0.2) is 31.6 Å². The summed E-state index contributed by atoms with van der Waals surface area (Å²) in [6, 6.07) is 15.1. The first-order valence-corrected chi connectivity index (χ1v) is 10.3. The minimum absolute atomic E-state index is 0.0197. The highest BCUT2D eigenvalue weighted by molar-refractivity contribution is 5.95. The number of nitrogens with zero attached hydrogens (tertiary/aromatic N) is 1. The van der Waals surface area contributed by atoms with Crippen molar-refractivity contribution < 1.29 is 14.3 Å². The first-order chi connectivity index (χ1) is 13.8. The largest absolute Gasteiger partial charge is 0.452 e. The van der Waals surface area contributed by atoms with Crippen molar-refractivity contribution >= 4 is 23.3 Å². The maximum atomic E-state index is 12.2. The Morgan fingerprint density at radius 1 is 0.931 bits per heavy atom. The first-order valence-electron chi connectivity index (χ1n) is 10.3. The van der Waals surface area contributed by atoms with Gasteiger partial charge in [0, 0.05) is 24.5 Å². The number of carbonyl (C=O) groups is 2. The van der Waals surface area contributed by atoms with Gasteiger partial charge in [0.1, 0.15) is 0 Å². The Kier molecular flexibility index (Phi) is 6.57. The van der Waals surface area contributed by atoms with Crippen LogP contribution in [0.15, 0.2) is 48.5 Å². The summed E-state index contributed by atoms with van der Waals surface area (Å²) in [6.45, 7) is 8.20. The molecule has 0 unspecified atom stereocenters. The molecular formula is C24H30N2O3. The van der Waals surface area contributed by atoms with Gasteiger partial charge >= 0.3 is 5.97 Å². The number of carbonyl (C=O) groups excluding carboxylic acids is 2. The van der Waals surface area contributed by atoms with Crippen molar-refractivity contribution in [2.75, 3.05) is 29.9 Å². The third kappa shape index (κ3) is 5.83. The van der Waals surface area contributed by atoms with E-state index in [4.69, 9.17) is 4.74 Å². The number of nitrogens with one attached hydrogen (secondary N) is 1. The second-order valence-electron chi connectivity index (χ2n) is 8.55. The molecule has 29 heavy (non-hydrogen) atoms. The molecule has 3 rings (SSSR count). The second-order valence-corrected chi connectivity index (χ2v) is 8.55. The molecule has 0 aromatic heterocycles. The van der Waals surface area contributed by atoms with Gasteiger partial charge in [0.05, 0.1) is 5.56 Å². The molecule has 1 aliphatic heterocycles. The van der Waals surface area contributed by atoms with Crippen molar-refractivity contribution in [3.05, 3.63) is 59.7 Å². The van der Waals surface area contributed by atoms with E-state index >= 15 is 0 Å². The molecule has 2 aromatic rings. The van der Waals surface area contributed by atoms with E-state index in [1.54, 1.807) is 12.1 Å². The Bertz CT molecular complexity index is 830. The number of rotatable bonds is 5. The lowest BCUT2D eigenvalue weighted by Crippen LogP contribution is -2.29. The van der Waals surface area contributed by atoms with Crippen LogP contribution in [0.5, 0.6) is 0 Å². The summed E-state index contributed by atoms with van der Waals surface area (Å²) >= 11 is 0. The number of hydrogen-bond donors (Lipinski definition) is 1. The van der Waals surface area contributed by atoms with Crippen LogP contribution in [-0.2, 0) is 14.9 Å². The van der Waals surface area contributed by atoms with Gasteiger partial charge in [-0.15, -0.1) is 0 Å². The van der Waals surface area contributed by atoms with Gasteiger partial charge in [0.2, 0.25) is 0 Å². The van der Waals surface area contributed by atoms with Crippen LogP contribution in [0.4, 0.5) is 11.4 Å². The number of ether oxygens (including phenoxy) is 1. The summed E-state index contributed by atoms with van der Waals surface area (Å²) in [5.41, 5.74) is 3.47. The molecule has 1 N–H and O–H groups in total. The molecule has 1 saturated heterocycles. The van der Waals surface area contributed by atoms with Gasteiger partial charge in [0.15, 0.2) is 6.61 Å². The molecular weight excluding hydrogens is 364 g/mol. The summed E-state index contributed by atoms with van der Waals surface area (Å²) in [5.74, 6) is -0.851. The molecule has 1 heterocycles. The molecule has 1 aliphatic rings. The number of piperidine rings is 1. The zero-order valence-corrected chi connectivity index (χ0v) is 17.5. The molecule has 1 fully saturated rings. The fourth-order valence-electron chi connectivity index (χ4n) is 3.43. The Hall–Kier alpha value is -2.82. The average molecular weight is 395 g/mol. The molecule has 1 amide bonds. The van der Waals surface area contributed by atoms with Crippen LogP contribution in [0.2, 0.25) is 0 Å². The van der Waals surface area contributed by atoms with Gasteiger partial charge in [-0.2, -0.15) is 0 Å². The van der Waals surface area contributed by atoms with Crippen molar-refractivity contribution in [3.63, 3.8) is 0 Å². The minimum atomic E-state index is -0.499. The smallest absolute Gasteiger partial charge is 0.338 e. The maximum absolute atomic E-state index is 12.2. The Labute approximate surface area is 173 Å². The monoisotopic (exact) mass is 394 g/mol. The summed E-state index contributed by atoms with van der Waals surface area (Å²) in [6.07, 6.45) is 3.75. The Morgan fingerprint density at radius 2 is 1.55 bits per heavy atom. The summed E-state index contributed by atoms with van der Waals surface area (Å²) in [7, 11) is 0. The van der Waals surface area contributed by atoms with Gasteiger partial charge < -0.3 is 15.0 Å². The highest BCUT2D eigenvalue weighted by Gasteiger charge is 2.16. The molecule has 0 spiro atoms. The van der Waals surface area contributed by atoms with Gasteiger partial charge in [-0.25, -0.2) is 4.79 Å². The molecule has 5 heteroatoms. The molecule has 2 aromatic carbocycles. The molecule has 0 atom stereocenters. The van der Waals surface area contributed by atoms with E-state index in [0.717, 1.165) is 18.7 Å². The standard InChI is InChI=1S/C24H30N2O3/c1-24(2,3)19-9-7-18(8-10-19)23(28)29-17-22(27)25-20-11-13-21(14-12-20)26-15-5-4-6-16-26/h7-14H,4-6,15-17H2,1-3H3,(H,25,27). The van der Waals surface area contributed by atoms with Crippen molar-refractivity contribution in [1.82, 2.24) is 0 Å². The number of anilines is 2. The highest BCUT2D eigenvalue weighted by atomic mass is 16.5. The number of benzene rings is 2. The Morgan fingerprint density at radius 3 is 2.14 bits per heavy atom. The van der Waals surface area contributed by atoms with Crippen molar-refractivity contribution in [2.45, 2.75) is 45.4 Å². The van der Waals surface area contributed by atoms with Crippen LogP contribution in [0, 0.1) is 0 Å². The van der Waals surface area contributed by atoms with Gasteiger partial charge in [0.25, 0.3) is 5.91 Å². The summed E-state index contributed by atoms with van der Waals surface area (Å²) in [4.78, 5) is 26.7. The van der Waals surface area contributed by atoms with E-state index in [1.165, 1.54) is 24.9 Å². The predicted octanol–water partition coefficient (Wildman–Crippen LogP) is 4.77. The van der Waals surface area contributed by atoms with E-state index in [9.17, 15) is 9.59 Å². The van der Waals surface area contributed by atoms with Crippen molar-refractivity contribution in [2.24, 2.45) is 0 Å². The summed E-state index contributed by atoms with van der Waals surface area (Å²) < 4.78 is 5.15. The topological polar surface area (TPSA) is 58.6 Å². The zero-order chi connectivity index (χ0) is 20.9.